The molecule has 2 heterocycles. The van der Waals surface area contributed by atoms with Crippen LogP contribution in [-0.4, -0.2) is 70.0 Å². The van der Waals surface area contributed by atoms with Crippen LogP contribution >= 0.6 is 0 Å². The van der Waals surface area contributed by atoms with Gasteiger partial charge in [-0.2, -0.15) is 4.68 Å². The minimum absolute atomic E-state index is 0.222. The molecule has 10 nitrogen and oxygen atoms in total. The second-order valence-corrected chi connectivity index (χ2v) is 5.14. The first-order valence-corrected chi connectivity index (χ1v) is 7.94. The molecule has 1 saturated heterocycles. The molecule has 3 rings (SSSR count). The number of nitrogens with one attached hydrogen (secondary N) is 1. The van der Waals surface area contributed by atoms with Crippen LogP contribution in [-0.2, 0) is 9.53 Å². The van der Waals surface area contributed by atoms with Crippen LogP contribution in [0.5, 0.6) is 0 Å². The lowest BCUT2D eigenvalue weighted by molar-refractivity contribution is -0.128. The predicted octanol–water partition coefficient (Wildman–Crippen LogP) is -0.379. The zero-order chi connectivity index (χ0) is 18.9. The van der Waals surface area contributed by atoms with E-state index < -0.39 is 17.5 Å². The van der Waals surface area contributed by atoms with Gasteiger partial charge in [0.05, 0.1) is 12.3 Å². The first-order chi connectivity index (χ1) is 12.6. The smallest absolute Gasteiger partial charge is 0.377 e. The normalized spacial score (nSPS) is 13.5. The summed E-state index contributed by atoms with van der Waals surface area (Å²) >= 11 is 0. The summed E-state index contributed by atoms with van der Waals surface area (Å²) in [5.74, 6) is -0.498. The van der Waals surface area contributed by atoms with Gasteiger partial charge in [-0.1, -0.05) is 6.07 Å². The fourth-order valence-corrected chi connectivity index (χ4v) is 2.19. The van der Waals surface area contributed by atoms with Crippen LogP contribution in [0, 0.1) is 5.82 Å². The maximum Gasteiger partial charge on any atom is 0.377 e. The number of ether oxygens (including phenoxy) is 1. The summed E-state index contributed by atoms with van der Waals surface area (Å²) in [6.07, 6.45) is 0. The van der Waals surface area contributed by atoms with E-state index >= 15 is 0 Å². The number of hydrogen-bond acceptors (Lipinski definition) is 7. The summed E-state index contributed by atoms with van der Waals surface area (Å²) in [4.78, 5) is 35.1. The summed E-state index contributed by atoms with van der Waals surface area (Å²) < 4.78 is 18.9. The third-order valence-corrected chi connectivity index (χ3v) is 3.44. The minimum Gasteiger partial charge on any atom is -0.468 e. The molecule has 0 radical (unpaired) electrons. The molecule has 11 heteroatoms. The summed E-state index contributed by atoms with van der Waals surface area (Å²) in [7, 11) is 0. The highest BCUT2D eigenvalue weighted by atomic mass is 19.1. The van der Waals surface area contributed by atoms with Crippen LogP contribution in [0.2, 0.25) is 0 Å². The molecule has 1 N–H and O–H groups in total. The van der Waals surface area contributed by atoms with Gasteiger partial charge in [-0.3, -0.25) is 4.79 Å². The number of tetrazole rings is 1. The van der Waals surface area contributed by atoms with E-state index in [9.17, 15) is 18.8 Å². The molecule has 1 aromatic heterocycles. The SMILES string of the molecule is CCOC=O.O=C(N1CCNCC1)n1nnn(-c2cccc(F)c2)c1=O. The fraction of sp³-hybridized carbons (Fsp3) is 0.400. The molecular formula is C15H19FN6O4. The Balaban J connectivity index is 0.000000431. The Morgan fingerprint density at radius 2 is 2.08 bits per heavy atom. The Morgan fingerprint density at radius 1 is 1.35 bits per heavy atom. The van der Waals surface area contributed by atoms with Crippen molar-refractivity contribution in [3.05, 3.63) is 40.6 Å². The number of carbonyl (C=O) groups is 2. The van der Waals surface area contributed by atoms with E-state index in [1.165, 1.54) is 23.1 Å². The van der Waals surface area contributed by atoms with Gasteiger partial charge in [-0.05, 0) is 35.5 Å². The van der Waals surface area contributed by atoms with Gasteiger partial charge in [0.15, 0.2) is 0 Å². The third-order valence-electron chi connectivity index (χ3n) is 3.44. The number of benzene rings is 1. The molecule has 0 atom stereocenters. The molecule has 140 valence electrons. The van der Waals surface area contributed by atoms with Crippen molar-refractivity contribution in [2.24, 2.45) is 0 Å². The lowest BCUT2D eigenvalue weighted by Gasteiger charge is -2.26. The Bertz CT molecular complexity index is 799. The lowest BCUT2D eigenvalue weighted by atomic mass is 10.3. The summed E-state index contributed by atoms with van der Waals surface area (Å²) in [5.41, 5.74) is -0.497. The molecule has 26 heavy (non-hydrogen) atoms. The topological polar surface area (TPSA) is 111 Å². The van der Waals surface area contributed by atoms with Crippen molar-refractivity contribution >= 4 is 12.5 Å². The van der Waals surface area contributed by atoms with Crippen LogP contribution in [0.25, 0.3) is 5.69 Å². The van der Waals surface area contributed by atoms with Crippen LogP contribution in [0.15, 0.2) is 29.1 Å². The molecule has 2 aromatic rings. The molecule has 1 fully saturated rings. The van der Waals surface area contributed by atoms with Gasteiger partial charge in [-0.25, -0.2) is 14.0 Å². The van der Waals surface area contributed by atoms with Gasteiger partial charge in [-0.15, -0.1) is 4.68 Å². The fourth-order valence-electron chi connectivity index (χ4n) is 2.19. The Morgan fingerprint density at radius 3 is 2.65 bits per heavy atom. The van der Waals surface area contributed by atoms with Crippen molar-refractivity contribution in [3.8, 4) is 5.69 Å². The van der Waals surface area contributed by atoms with Crippen molar-refractivity contribution in [2.75, 3.05) is 32.8 Å². The minimum atomic E-state index is -0.718. The second-order valence-electron chi connectivity index (χ2n) is 5.14. The molecule has 0 spiro atoms. The van der Waals surface area contributed by atoms with Gasteiger partial charge >= 0.3 is 11.7 Å². The Hall–Kier alpha value is -3.08. The number of nitrogens with zero attached hydrogens (tertiary/aromatic N) is 5. The zero-order valence-corrected chi connectivity index (χ0v) is 14.2. The quantitative estimate of drug-likeness (QED) is 0.582. The lowest BCUT2D eigenvalue weighted by Crippen LogP contribution is -2.50. The molecule has 0 unspecified atom stereocenters. The molecule has 1 aliphatic heterocycles. The molecular weight excluding hydrogens is 347 g/mol. The van der Waals surface area contributed by atoms with Crippen LogP contribution in [0.1, 0.15) is 6.92 Å². The van der Waals surface area contributed by atoms with Crippen molar-refractivity contribution in [3.63, 3.8) is 0 Å². The van der Waals surface area contributed by atoms with Crippen molar-refractivity contribution in [1.82, 2.24) is 30.0 Å². The molecule has 0 aliphatic carbocycles. The number of rotatable bonds is 3. The second kappa shape index (κ2) is 9.42. The number of aromatic nitrogens is 4. The average molecular weight is 366 g/mol. The number of piperazine rings is 1. The molecule has 1 amide bonds. The first kappa shape index (κ1) is 19.2. The van der Waals surface area contributed by atoms with E-state index in [2.05, 4.69) is 20.5 Å². The van der Waals surface area contributed by atoms with Crippen LogP contribution in [0.3, 0.4) is 0 Å². The van der Waals surface area contributed by atoms with Gasteiger partial charge in [0.25, 0.3) is 6.47 Å². The first-order valence-electron chi connectivity index (χ1n) is 7.94. The van der Waals surface area contributed by atoms with Gasteiger partial charge in [0, 0.05) is 26.2 Å². The van der Waals surface area contributed by atoms with E-state index in [0.717, 1.165) is 10.7 Å². The van der Waals surface area contributed by atoms with E-state index in [1.54, 1.807) is 6.92 Å². The summed E-state index contributed by atoms with van der Waals surface area (Å²) in [5, 5.41) is 10.3. The standard InChI is InChI=1S/C12H13FN6O2.C3H6O2/c13-9-2-1-3-10(8-9)18-12(21)19(16-15-18)11(20)17-6-4-14-5-7-17;1-2-5-3-4/h1-3,8,14H,4-7H2;3H,2H2,1H3. The van der Waals surface area contributed by atoms with Crippen molar-refractivity contribution in [2.45, 2.75) is 6.92 Å². The van der Waals surface area contributed by atoms with Gasteiger partial charge < -0.3 is 15.0 Å². The maximum absolute atomic E-state index is 13.2. The van der Waals surface area contributed by atoms with Crippen LogP contribution in [0.4, 0.5) is 9.18 Å². The summed E-state index contributed by atoms with van der Waals surface area (Å²) in [6.45, 7) is 4.99. The number of halogens is 1. The summed E-state index contributed by atoms with van der Waals surface area (Å²) in [6, 6.07) is 4.84. The van der Waals surface area contributed by atoms with Crippen molar-refractivity contribution < 1.29 is 18.7 Å². The largest absolute Gasteiger partial charge is 0.468 e. The highest BCUT2D eigenvalue weighted by molar-refractivity contribution is 5.75. The number of hydrogen-bond donors (Lipinski definition) is 1. The maximum atomic E-state index is 13.2. The average Bonchev–Trinajstić information content (AvgIpc) is 3.04. The van der Waals surface area contributed by atoms with E-state index in [1.807, 2.05) is 0 Å². The predicted molar refractivity (Wildman–Crippen MR) is 88.5 cm³/mol. The molecule has 0 saturated carbocycles. The molecule has 1 aromatic carbocycles. The number of amides is 1. The van der Waals surface area contributed by atoms with E-state index in [-0.39, 0.29) is 5.69 Å². The zero-order valence-electron chi connectivity index (χ0n) is 14.2. The monoisotopic (exact) mass is 366 g/mol. The van der Waals surface area contributed by atoms with E-state index in [4.69, 9.17) is 0 Å². The Labute approximate surface area is 148 Å². The number of carbonyl (C=O) groups excluding carboxylic acids is 2. The molecule has 1 aliphatic rings. The Kier molecular flexibility index (Phi) is 6.97. The van der Waals surface area contributed by atoms with Gasteiger partial charge in [0.1, 0.15) is 5.82 Å². The third kappa shape index (κ3) is 4.72. The highest BCUT2D eigenvalue weighted by Gasteiger charge is 2.22. The van der Waals surface area contributed by atoms with Gasteiger partial charge in [0.2, 0.25) is 0 Å². The highest BCUT2D eigenvalue weighted by Crippen LogP contribution is 2.05. The van der Waals surface area contributed by atoms with Crippen molar-refractivity contribution in [1.29, 1.82) is 0 Å². The van der Waals surface area contributed by atoms with E-state index in [0.29, 0.717) is 43.9 Å². The van der Waals surface area contributed by atoms with Crippen LogP contribution < -0.4 is 11.0 Å². The molecule has 0 bridgehead atoms.